The number of hydrogen-bond donors (Lipinski definition) is 1. The largest absolute Gasteiger partial charge is 0.372 e. The van der Waals surface area contributed by atoms with Crippen molar-refractivity contribution in [3.05, 3.63) is 17.3 Å². The quantitative estimate of drug-likeness (QED) is 0.796. The van der Waals surface area contributed by atoms with Crippen molar-refractivity contribution < 1.29 is 0 Å². The van der Waals surface area contributed by atoms with E-state index in [-0.39, 0.29) is 0 Å². The van der Waals surface area contributed by atoms with Crippen LogP contribution in [0.1, 0.15) is 45.9 Å². The average Bonchev–Trinajstić information content (AvgIpc) is 2.98. The molecule has 0 saturated carbocycles. The van der Waals surface area contributed by atoms with E-state index in [1.807, 2.05) is 7.05 Å². The molecule has 21 heavy (non-hydrogen) atoms. The van der Waals surface area contributed by atoms with Crippen molar-refractivity contribution >= 4 is 27.4 Å². The predicted octanol–water partition coefficient (Wildman–Crippen LogP) is 4.13. The van der Waals surface area contributed by atoms with Gasteiger partial charge in [-0.15, -0.1) is 11.3 Å². The zero-order valence-corrected chi connectivity index (χ0v) is 14.3. The molecule has 0 fully saturated rings. The molecule has 0 aromatic carbocycles. The third-order valence-corrected chi connectivity index (χ3v) is 4.77. The molecular formula is C16H26N4S. The summed E-state index contributed by atoms with van der Waals surface area (Å²) >= 11 is 1.68. The van der Waals surface area contributed by atoms with E-state index >= 15 is 0 Å². The molecule has 1 atom stereocenters. The maximum absolute atomic E-state index is 4.73. The second-order valence-corrected chi connectivity index (χ2v) is 6.35. The van der Waals surface area contributed by atoms with Gasteiger partial charge in [-0.3, -0.25) is 4.90 Å². The second kappa shape index (κ2) is 7.71. The molecule has 0 amide bonds. The van der Waals surface area contributed by atoms with Crippen LogP contribution in [0.5, 0.6) is 0 Å². The molecule has 0 aliphatic rings. The van der Waals surface area contributed by atoms with Crippen molar-refractivity contribution in [1.82, 2.24) is 14.9 Å². The zero-order chi connectivity index (χ0) is 15.2. The van der Waals surface area contributed by atoms with Crippen molar-refractivity contribution in [2.24, 2.45) is 0 Å². The van der Waals surface area contributed by atoms with Gasteiger partial charge in [0.25, 0.3) is 0 Å². The van der Waals surface area contributed by atoms with E-state index < -0.39 is 0 Å². The number of unbranched alkanes of at least 4 members (excludes halogenated alkanes) is 1. The summed E-state index contributed by atoms with van der Waals surface area (Å²) in [7, 11) is 1.92. The van der Waals surface area contributed by atoms with Gasteiger partial charge in [0.05, 0.1) is 11.9 Å². The van der Waals surface area contributed by atoms with Crippen LogP contribution in [-0.2, 0) is 6.54 Å². The number of rotatable bonds is 8. The molecule has 0 saturated heterocycles. The normalized spacial score (nSPS) is 13.0. The zero-order valence-electron chi connectivity index (χ0n) is 13.5. The molecule has 0 bridgehead atoms. The van der Waals surface area contributed by atoms with Crippen LogP contribution in [0.25, 0.3) is 10.2 Å². The summed E-state index contributed by atoms with van der Waals surface area (Å²) in [6.45, 7) is 8.72. The summed E-state index contributed by atoms with van der Waals surface area (Å²) in [4.78, 5) is 13.0. The summed E-state index contributed by atoms with van der Waals surface area (Å²) in [5.74, 6) is 1.86. The number of nitrogens with one attached hydrogen (secondary N) is 1. The highest BCUT2D eigenvalue weighted by Crippen LogP contribution is 2.25. The molecule has 0 spiro atoms. The first-order chi connectivity index (χ1) is 10.2. The molecule has 1 unspecified atom stereocenters. The fraction of sp³-hybridized carbons (Fsp3) is 0.625. The summed E-state index contributed by atoms with van der Waals surface area (Å²) in [5.41, 5.74) is 0. The molecule has 2 aromatic rings. The van der Waals surface area contributed by atoms with Gasteiger partial charge in [-0.05, 0) is 37.8 Å². The number of anilines is 1. The molecule has 116 valence electrons. The Morgan fingerprint density at radius 1 is 1.33 bits per heavy atom. The molecule has 0 aliphatic heterocycles. The van der Waals surface area contributed by atoms with Gasteiger partial charge >= 0.3 is 0 Å². The number of fused-ring (bicyclic) bond motifs is 1. The van der Waals surface area contributed by atoms with Gasteiger partial charge in [0, 0.05) is 13.1 Å². The number of thiophene rings is 1. The molecule has 5 heteroatoms. The van der Waals surface area contributed by atoms with Crippen LogP contribution >= 0.6 is 11.3 Å². The maximum atomic E-state index is 4.73. The third-order valence-electron chi connectivity index (χ3n) is 3.97. The number of aromatic nitrogens is 2. The standard InChI is InChI=1S/C16H26N4S/c1-5-7-9-20(12(3)6-2)11-14-18-15(17-4)13-8-10-21-16(13)19-14/h8,10,12H,5-7,9,11H2,1-4H3,(H,17,18,19). The van der Waals surface area contributed by atoms with Crippen molar-refractivity contribution in [1.29, 1.82) is 0 Å². The minimum Gasteiger partial charge on any atom is -0.372 e. The van der Waals surface area contributed by atoms with E-state index in [0.29, 0.717) is 6.04 Å². The van der Waals surface area contributed by atoms with Gasteiger partial charge in [0.15, 0.2) is 0 Å². The summed E-state index contributed by atoms with van der Waals surface area (Å²) < 4.78 is 0. The third kappa shape index (κ3) is 3.92. The summed E-state index contributed by atoms with van der Waals surface area (Å²) in [6.07, 6.45) is 3.60. The summed E-state index contributed by atoms with van der Waals surface area (Å²) in [6, 6.07) is 2.65. The van der Waals surface area contributed by atoms with Crippen LogP contribution in [0.4, 0.5) is 5.82 Å². The lowest BCUT2D eigenvalue weighted by Crippen LogP contribution is -2.33. The lowest BCUT2D eigenvalue weighted by Gasteiger charge is -2.27. The van der Waals surface area contributed by atoms with Crippen LogP contribution < -0.4 is 5.32 Å². The van der Waals surface area contributed by atoms with Crippen LogP contribution in [0.2, 0.25) is 0 Å². The first-order valence-corrected chi connectivity index (χ1v) is 8.73. The van der Waals surface area contributed by atoms with Gasteiger partial charge in [-0.2, -0.15) is 0 Å². The van der Waals surface area contributed by atoms with E-state index in [1.165, 1.54) is 12.8 Å². The minimum absolute atomic E-state index is 0.567. The van der Waals surface area contributed by atoms with Gasteiger partial charge in [0.2, 0.25) is 0 Å². The molecule has 0 aliphatic carbocycles. The van der Waals surface area contributed by atoms with Crippen LogP contribution in [-0.4, -0.2) is 34.5 Å². The molecule has 1 N–H and O–H groups in total. The van der Waals surface area contributed by atoms with Crippen LogP contribution in [0.3, 0.4) is 0 Å². The van der Waals surface area contributed by atoms with E-state index in [4.69, 9.17) is 9.97 Å². The second-order valence-electron chi connectivity index (χ2n) is 5.46. The smallest absolute Gasteiger partial charge is 0.146 e. The van der Waals surface area contributed by atoms with Crippen molar-refractivity contribution in [2.45, 2.75) is 52.6 Å². The topological polar surface area (TPSA) is 41.1 Å². The molecular weight excluding hydrogens is 280 g/mol. The fourth-order valence-corrected chi connectivity index (χ4v) is 3.20. The van der Waals surface area contributed by atoms with E-state index in [0.717, 1.165) is 41.4 Å². The predicted molar refractivity (Wildman–Crippen MR) is 92.0 cm³/mol. The Morgan fingerprint density at radius 3 is 2.81 bits per heavy atom. The van der Waals surface area contributed by atoms with Crippen LogP contribution in [0.15, 0.2) is 11.4 Å². The Labute approximate surface area is 131 Å². The summed E-state index contributed by atoms with van der Waals surface area (Å²) in [5, 5.41) is 6.39. The lowest BCUT2D eigenvalue weighted by molar-refractivity contribution is 0.188. The molecule has 2 rings (SSSR count). The SMILES string of the molecule is CCCCN(Cc1nc(NC)c2ccsc2n1)C(C)CC. The number of hydrogen-bond acceptors (Lipinski definition) is 5. The van der Waals surface area contributed by atoms with E-state index in [9.17, 15) is 0 Å². The molecule has 4 nitrogen and oxygen atoms in total. The van der Waals surface area contributed by atoms with Gasteiger partial charge in [0.1, 0.15) is 16.5 Å². The lowest BCUT2D eigenvalue weighted by atomic mass is 10.2. The monoisotopic (exact) mass is 306 g/mol. The van der Waals surface area contributed by atoms with E-state index in [1.54, 1.807) is 11.3 Å². The highest BCUT2D eigenvalue weighted by molar-refractivity contribution is 7.16. The molecule has 0 radical (unpaired) electrons. The Kier molecular flexibility index (Phi) is 5.94. The first-order valence-electron chi connectivity index (χ1n) is 7.85. The molecule has 2 aromatic heterocycles. The van der Waals surface area contributed by atoms with Gasteiger partial charge in [-0.1, -0.05) is 20.3 Å². The first kappa shape index (κ1) is 16.2. The average molecular weight is 306 g/mol. The highest BCUT2D eigenvalue weighted by atomic mass is 32.1. The Morgan fingerprint density at radius 2 is 2.14 bits per heavy atom. The van der Waals surface area contributed by atoms with Gasteiger partial charge < -0.3 is 5.32 Å². The van der Waals surface area contributed by atoms with Crippen molar-refractivity contribution in [3.63, 3.8) is 0 Å². The van der Waals surface area contributed by atoms with E-state index in [2.05, 4.69) is 42.4 Å². The highest BCUT2D eigenvalue weighted by Gasteiger charge is 2.15. The number of nitrogens with zero attached hydrogens (tertiary/aromatic N) is 3. The maximum Gasteiger partial charge on any atom is 0.146 e. The van der Waals surface area contributed by atoms with Crippen molar-refractivity contribution in [2.75, 3.05) is 18.9 Å². The Hall–Kier alpha value is -1.20. The fourth-order valence-electron chi connectivity index (χ4n) is 2.42. The minimum atomic E-state index is 0.567. The Balaban J connectivity index is 2.22. The van der Waals surface area contributed by atoms with Crippen molar-refractivity contribution in [3.8, 4) is 0 Å². The van der Waals surface area contributed by atoms with Crippen LogP contribution in [0, 0.1) is 0 Å². The van der Waals surface area contributed by atoms with Gasteiger partial charge in [-0.25, -0.2) is 9.97 Å². The molecule has 2 heterocycles. The Bertz CT molecular complexity index is 566.